The molecule has 0 spiro atoms. The summed E-state index contributed by atoms with van der Waals surface area (Å²) in [4.78, 5) is 19.6. The predicted molar refractivity (Wildman–Crippen MR) is 87.1 cm³/mol. The summed E-state index contributed by atoms with van der Waals surface area (Å²) < 4.78 is 10.6. The van der Waals surface area contributed by atoms with Gasteiger partial charge in [-0.25, -0.2) is 0 Å². The van der Waals surface area contributed by atoms with Crippen LogP contribution in [-0.2, 0) is 16.0 Å². The largest absolute Gasteiger partial charge is 0.381 e. The summed E-state index contributed by atoms with van der Waals surface area (Å²) in [6.07, 6.45) is 1.92. The monoisotopic (exact) mass is 335 g/mol. The Morgan fingerprint density at radius 1 is 1.52 bits per heavy atom. The molecule has 1 fully saturated rings. The molecule has 3 heterocycles. The summed E-state index contributed by atoms with van der Waals surface area (Å²) >= 11 is 1.57. The lowest BCUT2D eigenvalue weighted by Gasteiger charge is -2.23. The number of amides is 1. The first-order chi connectivity index (χ1) is 11.3. The van der Waals surface area contributed by atoms with Gasteiger partial charge in [-0.05, 0) is 24.8 Å². The molecule has 1 atom stereocenters. The standard InChI is InChI=1S/C16H21N3O3S/c1-2-19(10-12-7-8-21-11-12)15(20)6-5-14-17-16(18-22-14)13-4-3-9-23-13/h3-4,9,12H,2,5-8,10-11H2,1H3. The Bertz CT molecular complexity index is 620. The van der Waals surface area contributed by atoms with Gasteiger partial charge in [0.1, 0.15) is 0 Å². The Kier molecular flexibility index (Phi) is 5.40. The zero-order valence-electron chi connectivity index (χ0n) is 13.2. The summed E-state index contributed by atoms with van der Waals surface area (Å²) in [6.45, 7) is 5.08. The van der Waals surface area contributed by atoms with Crippen molar-refractivity contribution in [3.63, 3.8) is 0 Å². The Labute approximate surface area is 139 Å². The molecular formula is C16H21N3O3S. The Hall–Kier alpha value is -1.73. The van der Waals surface area contributed by atoms with E-state index >= 15 is 0 Å². The van der Waals surface area contributed by atoms with Crippen molar-refractivity contribution in [2.45, 2.75) is 26.2 Å². The lowest BCUT2D eigenvalue weighted by Crippen LogP contribution is -2.35. The number of thiophene rings is 1. The van der Waals surface area contributed by atoms with Crippen molar-refractivity contribution in [2.75, 3.05) is 26.3 Å². The van der Waals surface area contributed by atoms with Gasteiger partial charge in [0.25, 0.3) is 0 Å². The van der Waals surface area contributed by atoms with Crippen molar-refractivity contribution in [1.29, 1.82) is 0 Å². The van der Waals surface area contributed by atoms with E-state index < -0.39 is 0 Å². The van der Waals surface area contributed by atoms with Crippen molar-refractivity contribution >= 4 is 17.2 Å². The number of rotatable bonds is 7. The maximum absolute atomic E-state index is 12.4. The van der Waals surface area contributed by atoms with E-state index in [4.69, 9.17) is 9.26 Å². The number of hydrogen-bond donors (Lipinski definition) is 0. The van der Waals surface area contributed by atoms with Gasteiger partial charge in [0, 0.05) is 38.5 Å². The molecule has 0 N–H and O–H groups in total. The normalized spacial score (nSPS) is 17.5. The zero-order chi connectivity index (χ0) is 16.1. The highest BCUT2D eigenvalue weighted by molar-refractivity contribution is 7.13. The van der Waals surface area contributed by atoms with Crippen LogP contribution in [0.4, 0.5) is 0 Å². The number of nitrogens with zero attached hydrogens (tertiary/aromatic N) is 3. The SMILES string of the molecule is CCN(CC1CCOC1)C(=O)CCc1nc(-c2cccs2)no1. The van der Waals surface area contributed by atoms with Gasteiger partial charge in [0.05, 0.1) is 11.5 Å². The first-order valence-corrected chi connectivity index (χ1v) is 8.86. The van der Waals surface area contributed by atoms with E-state index in [-0.39, 0.29) is 5.91 Å². The van der Waals surface area contributed by atoms with Crippen molar-refractivity contribution in [1.82, 2.24) is 15.0 Å². The topological polar surface area (TPSA) is 68.5 Å². The molecule has 2 aromatic rings. The molecule has 1 amide bonds. The minimum absolute atomic E-state index is 0.135. The van der Waals surface area contributed by atoms with Crippen LogP contribution < -0.4 is 0 Å². The molecule has 0 saturated carbocycles. The minimum atomic E-state index is 0.135. The van der Waals surface area contributed by atoms with E-state index in [1.54, 1.807) is 11.3 Å². The van der Waals surface area contributed by atoms with Gasteiger partial charge in [-0.3, -0.25) is 4.79 Å². The molecule has 1 aliphatic heterocycles. The third-order valence-corrected chi connectivity index (χ3v) is 4.87. The third kappa shape index (κ3) is 4.17. The van der Waals surface area contributed by atoms with Crippen LogP contribution in [0.25, 0.3) is 10.7 Å². The lowest BCUT2D eigenvalue weighted by molar-refractivity contribution is -0.131. The Morgan fingerprint density at radius 2 is 2.43 bits per heavy atom. The number of carbonyl (C=O) groups excluding carboxylic acids is 1. The molecule has 124 valence electrons. The van der Waals surface area contributed by atoms with Gasteiger partial charge in [-0.15, -0.1) is 11.3 Å². The van der Waals surface area contributed by atoms with E-state index in [2.05, 4.69) is 10.1 Å². The molecule has 0 radical (unpaired) electrons. The fourth-order valence-electron chi connectivity index (χ4n) is 2.68. The summed E-state index contributed by atoms with van der Waals surface area (Å²) in [5.41, 5.74) is 0. The van der Waals surface area contributed by atoms with Gasteiger partial charge in [0.15, 0.2) is 0 Å². The van der Waals surface area contributed by atoms with Gasteiger partial charge in [-0.1, -0.05) is 11.2 Å². The predicted octanol–water partition coefficient (Wildman–Crippen LogP) is 2.62. The van der Waals surface area contributed by atoms with E-state index in [9.17, 15) is 4.79 Å². The average molecular weight is 335 g/mol. The van der Waals surface area contributed by atoms with Crippen LogP contribution in [0.2, 0.25) is 0 Å². The van der Waals surface area contributed by atoms with Crippen LogP contribution in [0, 0.1) is 5.92 Å². The van der Waals surface area contributed by atoms with Gasteiger partial charge >= 0.3 is 0 Å². The maximum Gasteiger partial charge on any atom is 0.227 e. The van der Waals surface area contributed by atoms with Gasteiger partial charge < -0.3 is 14.2 Å². The van der Waals surface area contributed by atoms with E-state index in [1.807, 2.05) is 29.3 Å². The fourth-order valence-corrected chi connectivity index (χ4v) is 3.33. The summed E-state index contributed by atoms with van der Waals surface area (Å²) in [5.74, 6) is 1.71. The van der Waals surface area contributed by atoms with Gasteiger partial charge in [0.2, 0.25) is 17.6 Å². The Morgan fingerprint density at radius 3 is 3.13 bits per heavy atom. The molecule has 0 bridgehead atoms. The second kappa shape index (κ2) is 7.70. The average Bonchev–Trinajstić information content (AvgIpc) is 3.32. The van der Waals surface area contributed by atoms with Crippen LogP contribution in [0.3, 0.4) is 0 Å². The molecule has 7 heteroatoms. The minimum Gasteiger partial charge on any atom is -0.381 e. The smallest absolute Gasteiger partial charge is 0.227 e. The maximum atomic E-state index is 12.4. The molecule has 1 aliphatic rings. The molecule has 23 heavy (non-hydrogen) atoms. The fraction of sp³-hybridized carbons (Fsp3) is 0.562. The zero-order valence-corrected chi connectivity index (χ0v) is 14.1. The van der Waals surface area contributed by atoms with Crippen molar-refractivity contribution in [3.8, 4) is 10.7 Å². The van der Waals surface area contributed by atoms with Crippen LogP contribution in [-0.4, -0.2) is 47.3 Å². The van der Waals surface area contributed by atoms with Crippen molar-refractivity contribution < 1.29 is 14.1 Å². The number of aryl methyl sites for hydroxylation is 1. The van der Waals surface area contributed by atoms with Crippen molar-refractivity contribution in [3.05, 3.63) is 23.4 Å². The quantitative estimate of drug-likeness (QED) is 0.778. The van der Waals surface area contributed by atoms with Gasteiger partial charge in [-0.2, -0.15) is 4.98 Å². The van der Waals surface area contributed by atoms with E-state index in [1.165, 1.54) is 0 Å². The number of ether oxygens (including phenoxy) is 1. The first-order valence-electron chi connectivity index (χ1n) is 7.98. The molecule has 3 rings (SSSR count). The highest BCUT2D eigenvalue weighted by Gasteiger charge is 2.22. The molecule has 0 aromatic carbocycles. The van der Waals surface area contributed by atoms with E-state index in [0.717, 1.165) is 37.6 Å². The van der Waals surface area contributed by atoms with Crippen LogP contribution in [0.1, 0.15) is 25.7 Å². The molecule has 1 unspecified atom stereocenters. The van der Waals surface area contributed by atoms with E-state index in [0.29, 0.717) is 30.5 Å². The number of carbonyl (C=O) groups is 1. The highest BCUT2D eigenvalue weighted by atomic mass is 32.1. The lowest BCUT2D eigenvalue weighted by atomic mass is 10.1. The summed E-state index contributed by atoms with van der Waals surface area (Å²) in [6, 6.07) is 3.90. The molecule has 6 nitrogen and oxygen atoms in total. The van der Waals surface area contributed by atoms with Crippen LogP contribution >= 0.6 is 11.3 Å². The third-order valence-electron chi connectivity index (χ3n) is 4.00. The number of aromatic nitrogens is 2. The second-order valence-electron chi connectivity index (χ2n) is 5.65. The summed E-state index contributed by atoms with van der Waals surface area (Å²) in [5, 5.41) is 5.94. The molecule has 0 aliphatic carbocycles. The van der Waals surface area contributed by atoms with Crippen molar-refractivity contribution in [2.24, 2.45) is 5.92 Å². The van der Waals surface area contributed by atoms with Crippen LogP contribution in [0.15, 0.2) is 22.0 Å². The second-order valence-corrected chi connectivity index (χ2v) is 6.60. The highest BCUT2D eigenvalue weighted by Crippen LogP contribution is 2.21. The van der Waals surface area contributed by atoms with Crippen LogP contribution in [0.5, 0.6) is 0 Å². The molecule has 2 aromatic heterocycles. The molecule has 1 saturated heterocycles. The first kappa shape index (κ1) is 16.1. The summed E-state index contributed by atoms with van der Waals surface area (Å²) in [7, 11) is 0. The molecular weight excluding hydrogens is 314 g/mol. The number of hydrogen-bond acceptors (Lipinski definition) is 6. The Balaban J connectivity index is 1.51.